The van der Waals surface area contributed by atoms with E-state index >= 15 is 0 Å². The molecular formula is C55H35N2O2Si. The average Bonchev–Trinajstić information content (AvgIpc) is 3.91. The molecule has 0 saturated heterocycles. The molecule has 0 N–H and O–H groups in total. The van der Waals surface area contributed by atoms with Crippen molar-refractivity contribution in [2.24, 2.45) is 0 Å². The molecule has 0 atom stereocenters. The third-order valence-corrected chi connectivity index (χ3v) is 14.4. The van der Waals surface area contributed by atoms with Crippen molar-refractivity contribution in [3.8, 4) is 11.5 Å². The van der Waals surface area contributed by atoms with Crippen LogP contribution in [0.4, 0.5) is 17.1 Å². The van der Waals surface area contributed by atoms with Gasteiger partial charge in [0.1, 0.15) is 16.7 Å². The van der Waals surface area contributed by atoms with E-state index in [2.05, 4.69) is 187 Å². The zero-order chi connectivity index (χ0) is 39.6. The largest absolute Gasteiger partial charge is 0.456 e. The zero-order valence-electron chi connectivity index (χ0n) is 32.4. The molecule has 0 bridgehead atoms. The molecule has 0 saturated carbocycles. The Labute approximate surface area is 347 Å². The molecule has 2 aromatic heterocycles. The first-order chi connectivity index (χ1) is 29.7. The van der Waals surface area contributed by atoms with Crippen LogP contribution in [0, 0.1) is 0 Å². The number of aromatic nitrogens is 1. The molecule has 1 radical (unpaired) electrons. The topological polar surface area (TPSA) is 42.4 Å². The number of nitrogens with zero attached hydrogens (tertiary/aromatic N) is 2. The number of benzene rings is 10. The first-order valence-corrected chi connectivity index (χ1v) is 21.8. The molecule has 12 aromatic rings. The first kappa shape index (κ1) is 34.3. The molecule has 10 aromatic carbocycles. The maximum absolute atomic E-state index is 6.65. The van der Waals surface area contributed by atoms with Gasteiger partial charge in [0.05, 0.1) is 0 Å². The predicted octanol–water partition coefficient (Wildman–Crippen LogP) is 12.8. The van der Waals surface area contributed by atoms with Gasteiger partial charge in [-0.1, -0.05) is 150 Å². The minimum absolute atomic E-state index is 0.618. The average molecular weight is 784 g/mol. The van der Waals surface area contributed by atoms with E-state index in [1.165, 1.54) is 20.9 Å². The minimum atomic E-state index is -1.34. The van der Waals surface area contributed by atoms with Gasteiger partial charge in [-0.15, -0.1) is 0 Å². The van der Waals surface area contributed by atoms with Gasteiger partial charge in [-0.25, -0.2) is 4.98 Å². The third-order valence-electron chi connectivity index (χ3n) is 11.7. The van der Waals surface area contributed by atoms with Crippen LogP contribution in [0.2, 0.25) is 0 Å². The van der Waals surface area contributed by atoms with Gasteiger partial charge >= 0.3 is 0 Å². The number of rotatable bonds is 7. The summed E-state index contributed by atoms with van der Waals surface area (Å²) in [5.74, 6) is 0.618. The standard InChI is InChI=1S/C55H35N2O2Si/c1-4-13-38(14-5-1)55-56-50-29-26-37-24-23-36-25-27-42(34-47(36)53(37)54(50)59-55)57(43-28-30-51-49(35-43)48-31-39-15-10-11-16-40(39)32-52(48)58-51)41-17-12-22-46(33-41)60(44-18-6-2-7-19-44)45-20-8-3-9-21-45/h1-35H. The van der Waals surface area contributed by atoms with Crippen LogP contribution in [0.1, 0.15) is 0 Å². The Morgan fingerprint density at radius 3 is 1.73 bits per heavy atom. The van der Waals surface area contributed by atoms with Crippen molar-refractivity contribution in [3.63, 3.8) is 0 Å². The van der Waals surface area contributed by atoms with Crippen molar-refractivity contribution in [2.45, 2.75) is 0 Å². The van der Waals surface area contributed by atoms with E-state index in [0.29, 0.717) is 5.89 Å². The van der Waals surface area contributed by atoms with Gasteiger partial charge in [-0.2, -0.15) is 0 Å². The maximum Gasteiger partial charge on any atom is 0.227 e. The van der Waals surface area contributed by atoms with Crippen LogP contribution in [0.5, 0.6) is 0 Å². The van der Waals surface area contributed by atoms with Crippen LogP contribution in [0.3, 0.4) is 0 Å². The second-order valence-electron chi connectivity index (χ2n) is 15.3. The molecule has 0 aliphatic heterocycles. The Morgan fingerprint density at radius 1 is 0.383 bits per heavy atom. The monoisotopic (exact) mass is 783 g/mol. The van der Waals surface area contributed by atoms with Crippen molar-refractivity contribution in [1.29, 1.82) is 0 Å². The predicted molar refractivity (Wildman–Crippen MR) is 251 cm³/mol. The second kappa shape index (κ2) is 14.0. The van der Waals surface area contributed by atoms with Gasteiger partial charge in [-0.05, 0) is 105 Å². The fourth-order valence-electron chi connectivity index (χ4n) is 8.90. The molecule has 12 rings (SSSR count). The van der Waals surface area contributed by atoms with Gasteiger partial charge in [0, 0.05) is 38.8 Å². The lowest BCUT2D eigenvalue weighted by atomic mass is 10.00. The van der Waals surface area contributed by atoms with E-state index in [-0.39, 0.29) is 0 Å². The number of oxazole rings is 1. The Bertz CT molecular complexity index is 3520. The number of anilines is 3. The van der Waals surface area contributed by atoms with Crippen LogP contribution in [-0.4, -0.2) is 13.8 Å². The number of furan rings is 1. The summed E-state index contributed by atoms with van der Waals surface area (Å²) in [4.78, 5) is 7.35. The Hall–Kier alpha value is -7.73. The van der Waals surface area contributed by atoms with Crippen LogP contribution in [0.25, 0.3) is 76.8 Å². The minimum Gasteiger partial charge on any atom is -0.456 e. The van der Waals surface area contributed by atoms with Crippen LogP contribution >= 0.6 is 0 Å². The summed E-state index contributed by atoms with van der Waals surface area (Å²) in [6.45, 7) is 0. The highest BCUT2D eigenvalue weighted by atomic mass is 28.3. The summed E-state index contributed by atoms with van der Waals surface area (Å²) in [5.41, 5.74) is 7.49. The highest BCUT2D eigenvalue weighted by molar-refractivity contribution is 6.95. The van der Waals surface area contributed by atoms with Crippen LogP contribution in [-0.2, 0) is 0 Å². The smallest absolute Gasteiger partial charge is 0.227 e. The van der Waals surface area contributed by atoms with Gasteiger partial charge < -0.3 is 13.7 Å². The number of fused-ring (bicyclic) bond motifs is 9. The van der Waals surface area contributed by atoms with Crippen molar-refractivity contribution < 1.29 is 8.83 Å². The molecule has 4 nitrogen and oxygen atoms in total. The molecule has 0 spiro atoms. The fraction of sp³-hybridized carbons (Fsp3) is 0. The molecule has 0 aliphatic carbocycles. The molecule has 281 valence electrons. The van der Waals surface area contributed by atoms with Crippen LogP contribution in [0.15, 0.2) is 221 Å². The Balaban J connectivity index is 1.09. The Kier molecular flexibility index (Phi) is 8.00. The zero-order valence-corrected chi connectivity index (χ0v) is 33.4. The molecular weight excluding hydrogens is 749 g/mol. The summed E-state index contributed by atoms with van der Waals surface area (Å²) in [6.07, 6.45) is 0. The van der Waals surface area contributed by atoms with E-state index in [0.717, 1.165) is 82.6 Å². The first-order valence-electron chi connectivity index (χ1n) is 20.3. The van der Waals surface area contributed by atoms with Crippen molar-refractivity contribution >= 4 is 107 Å². The Morgan fingerprint density at radius 2 is 0.967 bits per heavy atom. The molecule has 0 aliphatic rings. The summed E-state index contributed by atoms with van der Waals surface area (Å²) in [7, 11) is -1.34. The highest BCUT2D eigenvalue weighted by Gasteiger charge is 2.23. The number of hydrogen-bond donors (Lipinski definition) is 0. The van der Waals surface area contributed by atoms with Crippen molar-refractivity contribution in [1.82, 2.24) is 4.98 Å². The van der Waals surface area contributed by atoms with E-state index < -0.39 is 8.80 Å². The molecule has 60 heavy (non-hydrogen) atoms. The lowest BCUT2D eigenvalue weighted by Gasteiger charge is -2.27. The molecule has 0 unspecified atom stereocenters. The molecule has 0 fully saturated rings. The lowest BCUT2D eigenvalue weighted by molar-refractivity contribution is 0.623. The fourth-order valence-corrected chi connectivity index (χ4v) is 11.5. The van der Waals surface area contributed by atoms with E-state index in [4.69, 9.17) is 13.8 Å². The maximum atomic E-state index is 6.65. The van der Waals surface area contributed by atoms with E-state index in [9.17, 15) is 0 Å². The van der Waals surface area contributed by atoms with Crippen LogP contribution < -0.4 is 20.5 Å². The summed E-state index contributed by atoms with van der Waals surface area (Å²) >= 11 is 0. The van der Waals surface area contributed by atoms with Gasteiger partial charge in [0.15, 0.2) is 14.4 Å². The lowest BCUT2D eigenvalue weighted by Crippen LogP contribution is -2.51. The van der Waals surface area contributed by atoms with E-state index in [1.54, 1.807) is 0 Å². The summed E-state index contributed by atoms with van der Waals surface area (Å²) in [5, 5.41) is 12.9. The highest BCUT2D eigenvalue weighted by Crippen LogP contribution is 2.42. The van der Waals surface area contributed by atoms with E-state index in [1.807, 2.05) is 30.3 Å². The second-order valence-corrected chi connectivity index (χ2v) is 17.8. The SMILES string of the molecule is c1ccc(-c2nc3ccc4ccc5ccc(N(c6cccc([Si](c7ccccc7)c7ccccc7)c6)c6ccc7oc8cc9ccccc9cc8c7c6)cc5c4c3o2)cc1. The summed E-state index contributed by atoms with van der Waals surface area (Å²) < 4.78 is 13.2. The molecule has 5 heteroatoms. The molecule has 0 amide bonds. The number of hydrogen-bond acceptors (Lipinski definition) is 4. The molecule has 2 heterocycles. The van der Waals surface area contributed by atoms with Crippen molar-refractivity contribution in [2.75, 3.05) is 4.90 Å². The summed E-state index contributed by atoms with van der Waals surface area (Å²) in [6, 6.07) is 76.1. The third kappa shape index (κ3) is 5.78. The van der Waals surface area contributed by atoms with Crippen molar-refractivity contribution in [3.05, 3.63) is 212 Å². The van der Waals surface area contributed by atoms with Gasteiger partial charge in [0.2, 0.25) is 5.89 Å². The normalized spacial score (nSPS) is 11.8. The van der Waals surface area contributed by atoms with Gasteiger partial charge in [-0.3, -0.25) is 0 Å². The van der Waals surface area contributed by atoms with Gasteiger partial charge in [0.25, 0.3) is 0 Å². The quantitative estimate of drug-likeness (QED) is 0.0917.